The molecule has 1 aromatic rings. The van der Waals surface area contributed by atoms with Crippen molar-refractivity contribution in [3.05, 3.63) is 67.3 Å². The highest BCUT2D eigenvalue weighted by Gasteiger charge is 2.08. The van der Waals surface area contributed by atoms with Crippen LogP contribution in [-0.2, 0) is 20.9 Å². The maximum Gasteiger partial charge on any atom is 0.330 e. The number of amides is 1. The van der Waals surface area contributed by atoms with Crippen LogP contribution in [0.1, 0.15) is 31.4 Å². The first-order chi connectivity index (χ1) is 16.9. The minimum Gasteiger partial charge on any atom is -1.00 e. The third-order valence-electron chi connectivity index (χ3n) is 4.75. The smallest absolute Gasteiger partial charge is 0.330 e. The van der Waals surface area contributed by atoms with Crippen molar-refractivity contribution in [2.24, 2.45) is 0 Å². The number of ether oxygens (including phenoxy) is 1. The van der Waals surface area contributed by atoms with Gasteiger partial charge < -0.3 is 35.9 Å². The Balaban J connectivity index is -0.000000230. The second-order valence-electron chi connectivity index (χ2n) is 12.0. The highest BCUT2D eigenvalue weighted by Crippen LogP contribution is 2.09. The van der Waals surface area contributed by atoms with Gasteiger partial charge in [-0.1, -0.05) is 57.5 Å². The van der Waals surface area contributed by atoms with Crippen molar-refractivity contribution in [2.75, 3.05) is 89.7 Å². The zero-order chi connectivity index (χ0) is 29.1. The van der Waals surface area contributed by atoms with Crippen LogP contribution in [0.25, 0.3) is 6.08 Å². The number of nitrogens with zero attached hydrogens (tertiary/aromatic N) is 3. The number of carbonyl (C=O) groups is 2. The quantitative estimate of drug-likeness (QED) is 0.169. The van der Waals surface area contributed by atoms with E-state index in [1.54, 1.807) is 0 Å². The van der Waals surface area contributed by atoms with Crippen molar-refractivity contribution in [1.29, 1.82) is 0 Å². The molecule has 8 heteroatoms. The van der Waals surface area contributed by atoms with Crippen molar-refractivity contribution >= 4 is 18.0 Å². The molecule has 7 nitrogen and oxygen atoms in total. The molecule has 0 atom stereocenters. The number of nitrogens with one attached hydrogen (secondary N) is 1. The third-order valence-corrected chi connectivity index (χ3v) is 4.75. The molecule has 0 saturated carbocycles. The lowest BCUT2D eigenvalue weighted by Gasteiger charge is -2.23. The van der Waals surface area contributed by atoms with Crippen LogP contribution in [0.3, 0.4) is 0 Å². The second-order valence-corrected chi connectivity index (χ2v) is 12.0. The Morgan fingerprint density at radius 3 is 1.67 bits per heavy atom. The van der Waals surface area contributed by atoms with Crippen molar-refractivity contribution in [3.63, 3.8) is 0 Å². The molecule has 1 rings (SSSR count). The van der Waals surface area contributed by atoms with Crippen LogP contribution in [0.4, 0.5) is 0 Å². The number of carbonyl (C=O) groups excluding carboxylic acids is 2. The van der Waals surface area contributed by atoms with Gasteiger partial charge in [0.2, 0.25) is 5.91 Å². The van der Waals surface area contributed by atoms with E-state index in [9.17, 15) is 9.59 Å². The van der Waals surface area contributed by atoms with Crippen molar-refractivity contribution in [1.82, 2.24) is 5.32 Å². The number of hydrogen-bond donors (Lipinski definition) is 1. The summed E-state index contributed by atoms with van der Waals surface area (Å²) in [6.07, 6.45) is 6.25. The lowest BCUT2D eigenvalue weighted by molar-refractivity contribution is -0.884. The molecule has 0 aliphatic heterocycles. The van der Waals surface area contributed by atoms with Gasteiger partial charge in [0.05, 0.1) is 83.1 Å². The average molecular weight is 571 g/mol. The number of rotatable bonds is 13. The molecule has 0 bridgehead atoms. The predicted octanol–water partition coefficient (Wildman–Crippen LogP) is 1.37. The number of quaternary nitrogens is 3. The number of hydrogen-bond acceptors (Lipinski definition) is 3. The van der Waals surface area contributed by atoms with E-state index in [0.717, 1.165) is 52.5 Å². The van der Waals surface area contributed by atoms with E-state index in [0.29, 0.717) is 6.61 Å². The van der Waals surface area contributed by atoms with Crippen LogP contribution >= 0.6 is 0 Å². The Hall–Kier alpha value is -2.45. The van der Waals surface area contributed by atoms with E-state index < -0.39 is 0 Å². The normalized spacial score (nSPS) is 10.5. The van der Waals surface area contributed by atoms with Crippen molar-refractivity contribution in [2.45, 2.75) is 26.8 Å². The molecular formula is C31H59ClN4O3+2. The molecule has 1 N–H and O–H groups in total. The Morgan fingerprint density at radius 2 is 1.28 bits per heavy atom. The third kappa shape index (κ3) is 33.5. The summed E-state index contributed by atoms with van der Waals surface area (Å²) in [5.74, 6) is -0.423. The zero-order valence-corrected chi connectivity index (χ0v) is 26.3. The molecule has 0 spiro atoms. The van der Waals surface area contributed by atoms with Gasteiger partial charge in [0.1, 0.15) is 6.54 Å². The Labute approximate surface area is 247 Å². The van der Waals surface area contributed by atoms with E-state index in [4.69, 9.17) is 4.74 Å². The maximum absolute atomic E-state index is 10.7. The van der Waals surface area contributed by atoms with Gasteiger partial charge in [-0.3, -0.25) is 4.79 Å². The molecule has 39 heavy (non-hydrogen) atoms. The van der Waals surface area contributed by atoms with Crippen LogP contribution in [0.2, 0.25) is 0 Å². The van der Waals surface area contributed by atoms with Gasteiger partial charge in [0.15, 0.2) is 0 Å². The van der Waals surface area contributed by atoms with Gasteiger partial charge in [-0.15, -0.1) is 0 Å². The molecule has 0 heterocycles. The summed E-state index contributed by atoms with van der Waals surface area (Å²) in [5.41, 5.74) is 2.56. The zero-order valence-electron chi connectivity index (χ0n) is 25.6. The number of halogens is 1. The Kier molecular flexibility index (Phi) is 25.0. The van der Waals surface area contributed by atoms with Gasteiger partial charge in [-0.25, -0.2) is 4.79 Å². The van der Waals surface area contributed by atoms with Crippen LogP contribution in [0.5, 0.6) is 0 Å². The maximum atomic E-state index is 10.7. The van der Waals surface area contributed by atoms with E-state index >= 15 is 0 Å². The average Bonchev–Trinajstić information content (AvgIpc) is 2.78. The van der Waals surface area contributed by atoms with Gasteiger partial charge >= 0.3 is 5.97 Å². The van der Waals surface area contributed by atoms with Gasteiger partial charge in [0.25, 0.3) is 0 Å². The topological polar surface area (TPSA) is 55.4 Å². The molecule has 0 fully saturated rings. The van der Waals surface area contributed by atoms with Crippen molar-refractivity contribution < 1.29 is 40.2 Å². The first-order valence-electron chi connectivity index (χ1n) is 12.7. The second kappa shape index (κ2) is 22.4. The molecule has 0 aromatic heterocycles. The summed E-state index contributed by atoms with van der Waals surface area (Å²) in [6.45, 7) is 14.8. The summed E-state index contributed by atoms with van der Waals surface area (Å²) in [6, 6.07) is 8.55. The van der Waals surface area contributed by atoms with E-state index in [1.807, 2.05) is 6.08 Å². The molecule has 0 saturated heterocycles. The summed E-state index contributed by atoms with van der Waals surface area (Å²) in [7, 11) is 19.3. The minimum atomic E-state index is -0.337. The molecule has 0 aliphatic rings. The summed E-state index contributed by atoms with van der Waals surface area (Å²) < 4.78 is 7.61. The van der Waals surface area contributed by atoms with Crippen LogP contribution in [0, 0.1) is 0 Å². The summed E-state index contributed by atoms with van der Waals surface area (Å²) in [4.78, 5) is 21.3. The monoisotopic (exact) mass is 570 g/mol. The lowest BCUT2D eigenvalue weighted by atomic mass is 10.1. The Morgan fingerprint density at radius 1 is 0.795 bits per heavy atom. The molecule has 0 unspecified atom stereocenters. The largest absolute Gasteiger partial charge is 1.00 e. The van der Waals surface area contributed by atoms with Gasteiger partial charge in [-0.2, -0.15) is 0 Å². The highest BCUT2D eigenvalue weighted by molar-refractivity contribution is 5.86. The molecular weight excluding hydrogens is 512 g/mol. The fourth-order valence-corrected chi connectivity index (χ4v) is 2.91. The Bertz CT molecular complexity index is 780. The van der Waals surface area contributed by atoms with E-state index in [-0.39, 0.29) is 31.7 Å². The number of benzene rings is 1. The summed E-state index contributed by atoms with van der Waals surface area (Å²) in [5, 5.41) is 2.74. The SMILES string of the molecule is C.C=CC(=O)NCCC[N+](C)(C)C.C=CC(=O)OCCC[N+](C)(C)C.C=Cc1ccc(C[N+](C)(C)C)cc1.[Cl-]. The minimum absolute atomic E-state index is 0. The standard InChI is InChI=1S/C12H18N.C9H18N2O.C9H18NO2.CH4.ClH/c1-5-11-6-8-12(9-7-11)10-13(2,3)4;1-5-9(12)10-7-6-8-11(2,3)4;1-5-9(11)12-8-6-7-10(2,3)4;;/h5-9H,1,10H2,2-4H3;2*5H,1,6-8H2,2-4H3;1H4;1H/q+1;;+1;;. The molecule has 1 amide bonds. The van der Waals surface area contributed by atoms with Gasteiger partial charge in [-0.05, 0) is 11.6 Å². The highest BCUT2D eigenvalue weighted by atomic mass is 35.5. The molecule has 226 valence electrons. The van der Waals surface area contributed by atoms with Crippen LogP contribution < -0.4 is 17.7 Å². The number of esters is 1. The van der Waals surface area contributed by atoms with Crippen LogP contribution in [-0.4, -0.2) is 115 Å². The molecule has 1 aromatic carbocycles. The fourth-order valence-electron chi connectivity index (χ4n) is 2.91. The first-order valence-corrected chi connectivity index (χ1v) is 12.7. The van der Waals surface area contributed by atoms with E-state index in [1.165, 1.54) is 23.3 Å². The van der Waals surface area contributed by atoms with Gasteiger partial charge in [0, 0.05) is 31.0 Å². The summed E-state index contributed by atoms with van der Waals surface area (Å²) >= 11 is 0. The predicted molar refractivity (Wildman–Crippen MR) is 164 cm³/mol. The van der Waals surface area contributed by atoms with Crippen LogP contribution in [0.15, 0.2) is 56.2 Å². The lowest BCUT2D eigenvalue weighted by Crippen LogP contribution is -3.00. The molecule has 0 aliphatic carbocycles. The first kappa shape index (κ1) is 43.6. The van der Waals surface area contributed by atoms with Crippen molar-refractivity contribution in [3.8, 4) is 0 Å². The molecule has 0 radical (unpaired) electrons. The fraction of sp³-hybridized carbons (Fsp3) is 0.548. The van der Waals surface area contributed by atoms with E-state index in [2.05, 4.69) is 113 Å².